The van der Waals surface area contributed by atoms with Gasteiger partial charge in [0.05, 0.1) is 88.8 Å². The van der Waals surface area contributed by atoms with E-state index in [0.717, 1.165) is 5.56 Å². The van der Waals surface area contributed by atoms with Crippen molar-refractivity contribution in [2.75, 3.05) is 5.32 Å². The average Bonchev–Trinajstić information content (AvgIpc) is 1.72. The van der Waals surface area contributed by atoms with Crippen LogP contribution in [0.15, 0.2) is 197 Å². The number of rotatable bonds is 17. The predicted molar refractivity (Wildman–Crippen MR) is 361 cm³/mol. The standard InChI is InChI=1S/C24H23FN4O3S.C23H21FN4O3S.C22H19FN4O3S.H2/c1-14(2)33(31,32)19-10-6-17(7-11-19)21-13-27-23-22(29-21)20(12-26-23)24(30)28-15(3)16-4-8-18(25)9-5-16;1-14(2)32(30,31)18-8-6-16(7-9-18)20-13-26-22-21(28-20)19(12-25-22)23(29)27-11-15-4-3-5-17(24)10-15;1-13(2)31(29,30)17-8-6-14(7-9-17)19-12-25-21-20(27-19)18(11-24-21)22(28)26-16-5-3-4-15(23)10-16;/h4-15H,1-3H3,(H,26,27)(H,28,30);3-10,12-14H,11H2,1-2H3,(H,25,26)(H,27,29);3-13H,1-2H3,(H,24,25)(H,26,28);1H/t15-;;;/m0.../s1. The molecule has 0 saturated heterocycles. The number of hydrogen-bond donors (Lipinski definition) is 6. The Balaban J connectivity index is 0.000000170. The number of aromatic amines is 3. The summed E-state index contributed by atoms with van der Waals surface area (Å²) in [6.45, 7) is 11.8. The third kappa shape index (κ3) is 15.2. The van der Waals surface area contributed by atoms with E-state index in [9.17, 15) is 52.8 Å². The van der Waals surface area contributed by atoms with E-state index in [-0.39, 0.29) is 57.7 Å². The van der Waals surface area contributed by atoms with Crippen LogP contribution >= 0.6 is 0 Å². The number of H-pyrrole nitrogens is 3. The number of hydrogen-bond acceptors (Lipinski definition) is 15. The molecule has 21 nitrogen and oxygen atoms in total. The fraction of sp³-hybridized carbons (Fsp3) is 0.174. The Morgan fingerprint density at radius 1 is 0.448 bits per heavy atom. The van der Waals surface area contributed by atoms with Crippen LogP contribution in [0.4, 0.5) is 18.9 Å². The molecule has 6 aromatic heterocycles. The maximum absolute atomic E-state index is 13.4. The van der Waals surface area contributed by atoms with Gasteiger partial charge >= 0.3 is 0 Å². The molecule has 0 saturated carbocycles. The average molecular weight is 1360 g/mol. The van der Waals surface area contributed by atoms with Crippen LogP contribution in [0.2, 0.25) is 0 Å². The molecule has 1 atom stereocenters. The van der Waals surface area contributed by atoms with E-state index in [1.807, 2.05) is 6.92 Å². The number of anilines is 1. The SMILES string of the molecule is CC(C)S(=O)(=O)c1ccc(-c2cnc3[nH]cc(C(=O)NCc4cccc(F)c4)c3n2)cc1.CC(C)S(=O)(=O)c1ccc(-c2cnc3[nH]cc(C(=O)N[C@@H](C)c4ccc(F)cc4)c3n2)cc1.CC(C)S(=O)(=O)c1ccc(-c2cnc3[nH]cc(C(=O)Nc4cccc(F)c4)c3n2)cc1.[HH]. The van der Waals surface area contributed by atoms with Crippen LogP contribution in [0, 0.1) is 17.5 Å². The van der Waals surface area contributed by atoms with Gasteiger partial charge in [0.25, 0.3) is 17.7 Å². The molecule has 0 bridgehead atoms. The zero-order chi connectivity index (χ0) is 68.8. The monoisotopic (exact) mass is 1360 g/mol. The summed E-state index contributed by atoms with van der Waals surface area (Å²) in [5, 5.41) is 6.73. The van der Waals surface area contributed by atoms with Crippen molar-refractivity contribution >= 4 is 86.4 Å². The maximum Gasteiger partial charge on any atom is 0.259 e. The zero-order valence-corrected chi connectivity index (χ0v) is 55.0. The molecule has 0 unspecified atom stereocenters. The van der Waals surface area contributed by atoms with Gasteiger partial charge in [0.2, 0.25) is 0 Å². The predicted octanol–water partition coefficient (Wildman–Crippen LogP) is 12.8. The van der Waals surface area contributed by atoms with Crippen molar-refractivity contribution in [3.05, 3.63) is 228 Å². The van der Waals surface area contributed by atoms with Gasteiger partial charge in [-0.25, -0.2) is 68.3 Å². The van der Waals surface area contributed by atoms with E-state index in [2.05, 4.69) is 60.8 Å². The van der Waals surface area contributed by atoms with Crippen LogP contribution in [0.5, 0.6) is 0 Å². The molecule has 3 amide bonds. The number of aromatic nitrogens is 9. The summed E-state index contributed by atoms with van der Waals surface area (Å²) in [6.07, 6.45) is 9.21. The second-order valence-electron chi connectivity index (χ2n) is 22.8. The number of nitrogens with zero attached hydrogens (tertiary/aromatic N) is 6. The van der Waals surface area contributed by atoms with Crippen LogP contribution in [-0.2, 0) is 36.1 Å². The van der Waals surface area contributed by atoms with E-state index >= 15 is 0 Å². The Morgan fingerprint density at radius 3 is 1.21 bits per heavy atom. The summed E-state index contributed by atoms with van der Waals surface area (Å²) in [5.41, 5.74) is 8.61. The molecule has 27 heteroatoms. The Hall–Kier alpha value is -10.8. The fourth-order valence-corrected chi connectivity index (χ4v) is 12.9. The second kappa shape index (κ2) is 28.4. The van der Waals surface area contributed by atoms with Gasteiger partial charge in [0.15, 0.2) is 46.5 Å². The molecule has 0 aliphatic rings. The minimum Gasteiger partial charge on any atom is -0.348 e. The van der Waals surface area contributed by atoms with E-state index in [1.165, 1.54) is 67.0 Å². The molecule has 6 aromatic carbocycles. The molecule has 494 valence electrons. The lowest BCUT2D eigenvalue weighted by Gasteiger charge is -2.14. The van der Waals surface area contributed by atoms with Crippen LogP contribution in [-0.4, -0.2) is 104 Å². The molecular formula is C69H65F3N12O9S3. The Labute approximate surface area is 551 Å². The lowest BCUT2D eigenvalue weighted by atomic mass is 10.1. The van der Waals surface area contributed by atoms with Crippen molar-refractivity contribution in [3.8, 4) is 33.8 Å². The Bertz CT molecular complexity index is 5230. The number of amides is 3. The number of halogens is 3. The van der Waals surface area contributed by atoms with E-state index in [1.54, 1.807) is 157 Å². The van der Waals surface area contributed by atoms with E-state index in [4.69, 9.17) is 0 Å². The third-order valence-corrected chi connectivity index (χ3v) is 21.8. The molecule has 0 aliphatic carbocycles. The number of carbonyl (C=O) groups is 3. The smallest absolute Gasteiger partial charge is 0.259 e. The van der Waals surface area contributed by atoms with E-state index in [0.29, 0.717) is 89.6 Å². The van der Waals surface area contributed by atoms with Gasteiger partial charge < -0.3 is 30.9 Å². The molecule has 0 radical (unpaired) electrons. The van der Waals surface area contributed by atoms with Gasteiger partial charge in [-0.1, -0.05) is 66.7 Å². The lowest BCUT2D eigenvalue weighted by molar-refractivity contribution is 0.0936. The minimum atomic E-state index is -3.37. The molecule has 12 rings (SSSR count). The van der Waals surface area contributed by atoms with Gasteiger partial charge in [-0.2, -0.15) is 0 Å². The maximum atomic E-state index is 13.4. The summed E-state index contributed by atoms with van der Waals surface area (Å²) in [5.74, 6) is -2.34. The topological polar surface area (TPSA) is 314 Å². The summed E-state index contributed by atoms with van der Waals surface area (Å²) in [4.78, 5) is 74.4. The quantitative estimate of drug-likeness (QED) is 0.0494. The normalized spacial score (nSPS) is 12.1. The van der Waals surface area contributed by atoms with Crippen molar-refractivity contribution in [3.63, 3.8) is 0 Å². The number of benzene rings is 6. The highest BCUT2D eigenvalue weighted by Crippen LogP contribution is 2.29. The summed E-state index contributed by atoms with van der Waals surface area (Å²) in [7, 11) is -10.1. The highest BCUT2D eigenvalue weighted by Gasteiger charge is 2.24. The first kappa shape index (κ1) is 68.1. The van der Waals surface area contributed by atoms with Crippen molar-refractivity contribution in [1.82, 2.24) is 55.5 Å². The largest absolute Gasteiger partial charge is 0.348 e. The second-order valence-corrected chi connectivity index (χ2v) is 30.4. The summed E-state index contributed by atoms with van der Waals surface area (Å²) < 4.78 is 114. The lowest BCUT2D eigenvalue weighted by Crippen LogP contribution is -2.26. The van der Waals surface area contributed by atoms with Crippen molar-refractivity contribution < 1.29 is 54.2 Å². The molecule has 6 heterocycles. The van der Waals surface area contributed by atoms with Gasteiger partial charge in [0, 0.05) is 48.9 Å². The van der Waals surface area contributed by atoms with Gasteiger partial charge in [-0.3, -0.25) is 14.4 Å². The number of nitrogens with one attached hydrogen (secondary N) is 6. The van der Waals surface area contributed by atoms with E-state index < -0.39 is 57.0 Å². The van der Waals surface area contributed by atoms with Crippen LogP contribution < -0.4 is 16.0 Å². The zero-order valence-electron chi connectivity index (χ0n) is 52.6. The number of sulfone groups is 3. The van der Waals surface area contributed by atoms with Crippen molar-refractivity contribution in [2.45, 2.75) is 91.5 Å². The number of carbonyl (C=O) groups excluding carboxylic acids is 3. The Kier molecular flexibility index (Phi) is 20.2. The first-order valence-electron chi connectivity index (χ1n) is 29.9. The molecule has 0 fully saturated rings. The first-order chi connectivity index (χ1) is 45.7. The molecule has 6 N–H and O–H groups in total. The molecular weight excluding hydrogens is 1290 g/mol. The first-order valence-corrected chi connectivity index (χ1v) is 34.5. The number of fused-ring (bicyclic) bond motifs is 3. The van der Waals surface area contributed by atoms with Crippen LogP contribution in [0.3, 0.4) is 0 Å². The minimum absolute atomic E-state index is 0. The van der Waals surface area contributed by atoms with Crippen LogP contribution in [0.25, 0.3) is 67.3 Å². The van der Waals surface area contributed by atoms with Gasteiger partial charge in [-0.05, 0) is 138 Å². The molecule has 0 spiro atoms. The highest BCUT2D eigenvalue weighted by molar-refractivity contribution is 7.92. The third-order valence-electron chi connectivity index (χ3n) is 15.3. The molecule has 96 heavy (non-hydrogen) atoms. The molecule has 12 aromatic rings. The van der Waals surface area contributed by atoms with Crippen LogP contribution in [0.1, 0.15) is 98.1 Å². The Morgan fingerprint density at radius 2 is 0.823 bits per heavy atom. The van der Waals surface area contributed by atoms with Crippen molar-refractivity contribution in [2.24, 2.45) is 0 Å². The molecule has 0 aliphatic heterocycles. The van der Waals surface area contributed by atoms with Gasteiger partial charge in [-0.15, -0.1) is 0 Å². The summed E-state index contributed by atoms with van der Waals surface area (Å²) >= 11 is 0. The summed E-state index contributed by atoms with van der Waals surface area (Å²) in [6, 6.07) is 36.4. The van der Waals surface area contributed by atoms with Crippen molar-refractivity contribution in [1.29, 1.82) is 0 Å². The van der Waals surface area contributed by atoms with Gasteiger partial charge in [0.1, 0.15) is 34.0 Å². The highest BCUT2D eigenvalue weighted by atomic mass is 32.2. The fourth-order valence-electron chi connectivity index (χ4n) is 9.67.